The van der Waals surface area contributed by atoms with Crippen LogP contribution in [-0.2, 0) is 4.79 Å². The van der Waals surface area contributed by atoms with Gasteiger partial charge in [0.2, 0.25) is 0 Å². The third-order valence-electron chi connectivity index (χ3n) is 1.58. The molecule has 0 saturated heterocycles. The summed E-state index contributed by atoms with van der Waals surface area (Å²) >= 11 is 0. The van der Waals surface area contributed by atoms with Crippen molar-refractivity contribution in [2.45, 2.75) is 12.0 Å². The first-order valence-electron chi connectivity index (χ1n) is 3.42. The van der Waals surface area contributed by atoms with Gasteiger partial charge in [0.25, 0.3) is 0 Å². The number of aliphatic hydroxyl groups is 2. The number of allylic oxidation sites excluding steroid dienone is 2. The van der Waals surface area contributed by atoms with Crippen LogP contribution in [0.2, 0.25) is 0 Å². The Morgan fingerprint density at radius 3 is 2.36 bits per heavy atom. The first kappa shape index (κ1) is 8.17. The number of hydrogen-bond acceptors (Lipinski definition) is 3. The molecule has 1 aliphatic carbocycles. The number of hydrogen-bond donors (Lipinski definition) is 2. The highest BCUT2D eigenvalue weighted by Gasteiger charge is 2.21. The van der Waals surface area contributed by atoms with Gasteiger partial charge in [-0.1, -0.05) is 0 Å². The zero-order valence-electron chi connectivity index (χ0n) is 6.03. The largest absolute Gasteiger partial charge is 0.396 e. The highest BCUT2D eigenvalue weighted by Crippen LogP contribution is 2.16. The SMILES string of the molecule is O=C1C=CC(O)(CCO)C=C1. The number of ketones is 1. The summed E-state index contributed by atoms with van der Waals surface area (Å²) in [5, 5.41) is 18.0. The lowest BCUT2D eigenvalue weighted by atomic mass is 9.94. The molecule has 0 fully saturated rings. The molecular weight excluding hydrogens is 144 g/mol. The lowest BCUT2D eigenvalue weighted by molar-refractivity contribution is -0.110. The summed E-state index contributed by atoms with van der Waals surface area (Å²) in [5.41, 5.74) is -1.12. The van der Waals surface area contributed by atoms with Crippen molar-refractivity contribution in [3.63, 3.8) is 0 Å². The molecule has 0 aromatic heterocycles. The predicted octanol–water partition coefficient (Wildman–Crippen LogP) is -0.205. The average molecular weight is 154 g/mol. The summed E-state index contributed by atoms with van der Waals surface area (Å²) in [5.74, 6) is -0.132. The van der Waals surface area contributed by atoms with Crippen molar-refractivity contribution in [1.82, 2.24) is 0 Å². The van der Waals surface area contributed by atoms with Gasteiger partial charge in [0, 0.05) is 13.0 Å². The van der Waals surface area contributed by atoms with E-state index in [2.05, 4.69) is 0 Å². The first-order chi connectivity index (χ1) is 5.16. The summed E-state index contributed by atoms with van der Waals surface area (Å²) in [7, 11) is 0. The number of rotatable bonds is 2. The van der Waals surface area contributed by atoms with Crippen molar-refractivity contribution in [3.05, 3.63) is 24.3 Å². The molecule has 0 aromatic rings. The minimum absolute atomic E-state index is 0.0978. The standard InChI is InChI=1S/C8H10O3/c9-6-5-8(11)3-1-7(10)2-4-8/h1-4,9,11H,5-6H2. The van der Waals surface area contributed by atoms with Crippen LogP contribution in [0.3, 0.4) is 0 Å². The van der Waals surface area contributed by atoms with E-state index in [0.717, 1.165) is 0 Å². The third kappa shape index (κ3) is 2.00. The van der Waals surface area contributed by atoms with Crippen LogP contribution in [0.4, 0.5) is 0 Å². The number of aliphatic hydroxyl groups excluding tert-OH is 1. The molecule has 0 heterocycles. The van der Waals surface area contributed by atoms with Gasteiger partial charge in [-0.2, -0.15) is 0 Å². The Hall–Kier alpha value is -0.930. The maximum absolute atomic E-state index is 10.6. The molecule has 3 heteroatoms. The van der Waals surface area contributed by atoms with Gasteiger partial charge in [-0.3, -0.25) is 4.79 Å². The average Bonchev–Trinajstić information content (AvgIpc) is 1.97. The molecular formula is C8H10O3. The molecule has 0 atom stereocenters. The third-order valence-corrected chi connectivity index (χ3v) is 1.58. The van der Waals surface area contributed by atoms with Gasteiger partial charge in [0.05, 0.1) is 0 Å². The van der Waals surface area contributed by atoms with Crippen molar-refractivity contribution in [2.24, 2.45) is 0 Å². The minimum atomic E-state index is -1.12. The van der Waals surface area contributed by atoms with Crippen LogP contribution in [0.5, 0.6) is 0 Å². The van der Waals surface area contributed by atoms with Crippen molar-refractivity contribution in [1.29, 1.82) is 0 Å². The summed E-state index contributed by atoms with van der Waals surface area (Å²) in [6, 6.07) is 0. The molecule has 0 unspecified atom stereocenters. The fourth-order valence-corrected chi connectivity index (χ4v) is 0.910. The Morgan fingerprint density at radius 2 is 1.91 bits per heavy atom. The summed E-state index contributed by atoms with van der Waals surface area (Å²) in [6.07, 6.45) is 5.62. The van der Waals surface area contributed by atoms with E-state index in [-0.39, 0.29) is 18.8 Å². The Morgan fingerprint density at radius 1 is 1.36 bits per heavy atom. The fraction of sp³-hybridized carbons (Fsp3) is 0.375. The topological polar surface area (TPSA) is 57.5 Å². The molecule has 0 aliphatic heterocycles. The van der Waals surface area contributed by atoms with E-state index >= 15 is 0 Å². The molecule has 0 aromatic carbocycles. The first-order valence-corrected chi connectivity index (χ1v) is 3.42. The lowest BCUT2D eigenvalue weighted by Gasteiger charge is -2.20. The molecule has 1 rings (SSSR count). The number of carbonyl (C=O) groups excluding carboxylic acids is 1. The molecule has 0 amide bonds. The van der Waals surface area contributed by atoms with E-state index in [1.807, 2.05) is 0 Å². The maximum Gasteiger partial charge on any atom is 0.178 e. The Labute approximate surface area is 64.7 Å². The molecule has 0 spiro atoms. The second-order valence-corrected chi connectivity index (χ2v) is 2.53. The minimum Gasteiger partial charge on any atom is -0.396 e. The van der Waals surface area contributed by atoms with Gasteiger partial charge in [-0.15, -0.1) is 0 Å². The molecule has 11 heavy (non-hydrogen) atoms. The smallest absolute Gasteiger partial charge is 0.178 e. The van der Waals surface area contributed by atoms with Gasteiger partial charge in [-0.25, -0.2) is 0 Å². The van der Waals surface area contributed by atoms with Crippen LogP contribution in [0.1, 0.15) is 6.42 Å². The molecule has 3 nitrogen and oxygen atoms in total. The van der Waals surface area contributed by atoms with E-state index < -0.39 is 5.60 Å². The van der Waals surface area contributed by atoms with Crippen LogP contribution < -0.4 is 0 Å². The zero-order valence-corrected chi connectivity index (χ0v) is 6.03. The zero-order chi connectivity index (χ0) is 8.32. The van der Waals surface area contributed by atoms with Crippen molar-refractivity contribution in [3.8, 4) is 0 Å². The van der Waals surface area contributed by atoms with Crippen LogP contribution >= 0.6 is 0 Å². The highest BCUT2D eigenvalue weighted by atomic mass is 16.3. The molecule has 0 bridgehead atoms. The quantitative estimate of drug-likeness (QED) is 0.579. The van der Waals surface area contributed by atoms with Crippen LogP contribution in [0, 0.1) is 0 Å². The van der Waals surface area contributed by atoms with Gasteiger partial charge in [-0.05, 0) is 24.3 Å². The maximum atomic E-state index is 10.6. The molecule has 2 N–H and O–H groups in total. The monoisotopic (exact) mass is 154 g/mol. The van der Waals surface area contributed by atoms with E-state index in [0.29, 0.717) is 0 Å². The highest BCUT2D eigenvalue weighted by molar-refractivity contribution is 6.00. The predicted molar refractivity (Wildman–Crippen MR) is 39.9 cm³/mol. The van der Waals surface area contributed by atoms with Crippen LogP contribution in [0.15, 0.2) is 24.3 Å². The van der Waals surface area contributed by atoms with E-state index in [4.69, 9.17) is 5.11 Å². The van der Waals surface area contributed by atoms with Gasteiger partial charge >= 0.3 is 0 Å². The van der Waals surface area contributed by atoms with Crippen molar-refractivity contribution < 1.29 is 15.0 Å². The summed E-state index contributed by atoms with van der Waals surface area (Å²) in [6.45, 7) is -0.0978. The van der Waals surface area contributed by atoms with Gasteiger partial charge < -0.3 is 10.2 Å². The van der Waals surface area contributed by atoms with Gasteiger partial charge in [0.1, 0.15) is 5.60 Å². The Kier molecular flexibility index (Phi) is 2.22. The second-order valence-electron chi connectivity index (χ2n) is 2.53. The molecule has 60 valence electrons. The lowest BCUT2D eigenvalue weighted by Crippen LogP contribution is -2.26. The van der Waals surface area contributed by atoms with Gasteiger partial charge in [0.15, 0.2) is 5.78 Å². The fourth-order valence-electron chi connectivity index (χ4n) is 0.910. The summed E-state index contributed by atoms with van der Waals surface area (Å²) in [4.78, 5) is 10.6. The van der Waals surface area contributed by atoms with E-state index in [1.54, 1.807) is 0 Å². The Bertz CT molecular complexity index is 199. The Balaban J connectivity index is 2.68. The molecule has 0 saturated carbocycles. The van der Waals surface area contributed by atoms with Crippen LogP contribution in [-0.4, -0.2) is 28.2 Å². The second kappa shape index (κ2) is 2.98. The van der Waals surface area contributed by atoms with E-state index in [1.165, 1.54) is 24.3 Å². The number of carbonyl (C=O) groups is 1. The van der Waals surface area contributed by atoms with Crippen molar-refractivity contribution in [2.75, 3.05) is 6.61 Å². The van der Waals surface area contributed by atoms with Crippen molar-refractivity contribution >= 4 is 5.78 Å². The molecule has 0 radical (unpaired) electrons. The van der Waals surface area contributed by atoms with Crippen LogP contribution in [0.25, 0.3) is 0 Å². The molecule has 1 aliphatic rings. The van der Waals surface area contributed by atoms with E-state index in [9.17, 15) is 9.90 Å². The summed E-state index contributed by atoms with van der Waals surface area (Å²) < 4.78 is 0. The normalized spacial score (nSPS) is 20.7.